The summed E-state index contributed by atoms with van der Waals surface area (Å²) in [5.74, 6) is 0.752. The van der Waals surface area contributed by atoms with Crippen LogP contribution in [-0.4, -0.2) is 75.1 Å². The van der Waals surface area contributed by atoms with E-state index in [0.717, 1.165) is 4.57 Å². The Kier molecular flexibility index (Phi) is 5.25. The van der Waals surface area contributed by atoms with Crippen LogP contribution in [0.1, 0.15) is 13.0 Å². The van der Waals surface area contributed by atoms with E-state index in [9.17, 15) is 29.1 Å². The van der Waals surface area contributed by atoms with Crippen molar-refractivity contribution in [1.29, 1.82) is 0 Å². The van der Waals surface area contributed by atoms with Gasteiger partial charge in [0.1, 0.15) is 5.54 Å². The van der Waals surface area contributed by atoms with Crippen LogP contribution in [0.4, 0.5) is 5.95 Å². The van der Waals surface area contributed by atoms with Gasteiger partial charge in [-0.2, -0.15) is 4.98 Å². The first-order valence-corrected chi connectivity index (χ1v) is 9.98. The molecule has 2 aromatic rings. The topological polar surface area (TPSA) is 152 Å². The fourth-order valence-electron chi connectivity index (χ4n) is 3.10. The molecule has 2 aromatic heterocycles. The number of fused-ring (bicyclic) bond motifs is 1. The molecule has 3 rings (SSSR count). The molecule has 1 aliphatic rings. The van der Waals surface area contributed by atoms with E-state index >= 15 is 0 Å². The van der Waals surface area contributed by atoms with Gasteiger partial charge in [0.2, 0.25) is 5.95 Å². The average molecular weight is 401 g/mol. The van der Waals surface area contributed by atoms with Gasteiger partial charge in [0.05, 0.1) is 25.9 Å². The highest BCUT2D eigenvalue weighted by Gasteiger charge is 2.36. The number of imidazole rings is 1. The molecule has 4 N–H and O–H groups in total. The third kappa shape index (κ3) is 3.02. The lowest BCUT2D eigenvalue weighted by atomic mass is 10.0. The summed E-state index contributed by atoms with van der Waals surface area (Å²) in [5.41, 5.74) is -2.19. The number of aromatic nitrogens is 4. The number of rotatable bonds is 7. The van der Waals surface area contributed by atoms with Crippen LogP contribution in [0, 0.1) is 0 Å². The van der Waals surface area contributed by atoms with Crippen molar-refractivity contribution in [2.24, 2.45) is 7.05 Å². The Hall–Kier alpha value is -2.02. The van der Waals surface area contributed by atoms with Crippen molar-refractivity contribution in [3.05, 3.63) is 20.8 Å². The van der Waals surface area contributed by atoms with Crippen molar-refractivity contribution < 1.29 is 19.5 Å². The van der Waals surface area contributed by atoms with E-state index < -0.39 is 47.4 Å². The van der Waals surface area contributed by atoms with Gasteiger partial charge >= 0.3 is 5.69 Å². The number of nitrogens with zero attached hydrogens (tertiary/aromatic N) is 4. The number of hydrogen-bond acceptors (Lipinski definition) is 8. The van der Waals surface area contributed by atoms with Gasteiger partial charge in [-0.1, -0.05) is 0 Å². The van der Waals surface area contributed by atoms with E-state index in [1.165, 1.54) is 11.6 Å². The van der Waals surface area contributed by atoms with Crippen LogP contribution in [0.15, 0.2) is 9.59 Å². The normalized spacial score (nSPS) is 20.0. The Morgan fingerprint density at radius 2 is 1.81 bits per heavy atom. The summed E-state index contributed by atoms with van der Waals surface area (Å²) in [4.78, 5) is 29.6. The van der Waals surface area contributed by atoms with Crippen molar-refractivity contribution in [3.63, 3.8) is 0 Å². The van der Waals surface area contributed by atoms with Crippen LogP contribution < -0.4 is 16.6 Å². The molecule has 150 valence electrons. The molecule has 0 radical (unpaired) electrons. The first-order chi connectivity index (χ1) is 12.8. The highest BCUT2D eigenvalue weighted by atomic mass is 32.2. The molecule has 1 saturated heterocycles. The predicted molar refractivity (Wildman–Crippen MR) is 99.4 cm³/mol. The maximum atomic E-state index is 12.9. The van der Waals surface area contributed by atoms with Crippen LogP contribution in [0.2, 0.25) is 0 Å². The Morgan fingerprint density at radius 3 is 2.30 bits per heavy atom. The fourth-order valence-corrected chi connectivity index (χ4v) is 4.16. The van der Waals surface area contributed by atoms with Crippen molar-refractivity contribution in [1.82, 2.24) is 18.7 Å². The van der Waals surface area contributed by atoms with Gasteiger partial charge < -0.3 is 20.6 Å². The lowest BCUT2D eigenvalue weighted by Gasteiger charge is -2.33. The first kappa shape index (κ1) is 19.7. The molecule has 3 heterocycles. The second kappa shape index (κ2) is 7.19. The lowest BCUT2D eigenvalue weighted by Crippen LogP contribution is -2.50. The molecule has 0 spiro atoms. The van der Waals surface area contributed by atoms with E-state index in [-0.39, 0.29) is 29.7 Å². The summed E-state index contributed by atoms with van der Waals surface area (Å²) in [6.07, 6.45) is 0. The zero-order chi connectivity index (χ0) is 19.9. The smallest absolute Gasteiger partial charge is 0.332 e. The van der Waals surface area contributed by atoms with Crippen molar-refractivity contribution in [2.75, 3.05) is 36.6 Å². The second-order valence-corrected chi connectivity index (χ2v) is 8.22. The third-order valence-electron chi connectivity index (χ3n) is 4.90. The molecule has 1 aliphatic heterocycles. The van der Waals surface area contributed by atoms with Crippen molar-refractivity contribution in [3.8, 4) is 0 Å². The Labute approximate surface area is 156 Å². The van der Waals surface area contributed by atoms with Gasteiger partial charge in [0.25, 0.3) is 5.56 Å². The summed E-state index contributed by atoms with van der Waals surface area (Å²) in [6, 6.07) is -0.289. The van der Waals surface area contributed by atoms with Crippen LogP contribution in [0.3, 0.4) is 0 Å². The van der Waals surface area contributed by atoms with Crippen molar-refractivity contribution >= 4 is 27.9 Å². The molecule has 0 amide bonds. The van der Waals surface area contributed by atoms with Gasteiger partial charge in [-0.15, -0.1) is 0 Å². The second-order valence-electron chi connectivity index (χ2n) is 6.68. The molecule has 12 heteroatoms. The quantitative estimate of drug-likeness (QED) is 0.393. The Morgan fingerprint density at radius 1 is 1.22 bits per heavy atom. The molecule has 0 atom stereocenters. The number of aryl methyl sites for hydroxylation is 1. The van der Waals surface area contributed by atoms with Crippen LogP contribution in [0.5, 0.6) is 0 Å². The number of aliphatic hydroxyl groups excluding tert-OH is 3. The van der Waals surface area contributed by atoms with Crippen LogP contribution in [-0.2, 0) is 24.4 Å². The predicted octanol–water partition coefficient (Wildman–Crippen LogP) is -2.65. The van der Waals surface area contributed by atoms with E-state index in [1.807, 2.05) is 0 Å². The molecular weight excluding hydrogens is 378 g/mol. The minimum atomic E-state index is -1.47. The van der Waals surface area contributed by atoms with E-state index in [1.54, 1.807) is 11.5 Å². The van der Waals surface area contributed by atoms with Crippen LogP contribution in [0.25, 0.3) is 11.2 Å². The maximum Gasteiger partial charge on any atom is 0.332 e. The monoisotopic (exact) mass is 401 g/mol. The SMILES string of the molecule is CCn1c(=O)c2c(nc(NC(CO)(CO)CO)n2C2CS(=O)C2)n(C)c1=O. The first-order valence-electron chi connectivity index (χ1n) is 8.50. The highest BCUT2D eigenvalue weighted by Crippen LogP contribution is 2.29. The average Bonchev–Trinajstić information content (AvgIpc) is 3.01. The molecular formula is C15H23N5O6S. The van der Waals surface area contributed by atoms with Gasteiger partial charge in [-0.05, 0) is 6.92 Å². The van der Waals surface area contributed by atoms with Crippen molar-refractivity contribution in [2.45, 2.75) is 25.0 Å². The molecule has 11 nitrogen and oxygen atoms in total. The summed E-state index contributed by atoms with van der Waals surface area (Å²) >= 11 is 0. The fraction of sp³-hybridized carbons (Fsp3) is 0.667. The van der Waals surface area contributed by atoms with E-state index in [2.05, 4.69) is 10.3 Å². The molecule has 27 heavy (non-hydrogen) atoms. The Bertz CT molecular complexity index is 988. The minimum absolute atomic E-state index is 0.116. The zero-order valence-electron chi connectivity index (χ0n) is 15.1. The zero-order valence-corrected chi connectivity index (χ0v) is 15.9. The lowest BCUT2D eigenvalue weighted by molar-refractivity contribution is 0.0825. The minimum Gasteiger partial charge on any atom is -0.394 e. The summed E-state index contributed by atoms with van der Waals surface area (Å²) in [7, 11) is 0.482. The maximum absolute atomic E-state index is 12.9. The number of anilines is 1. The van der Waals surface area contributed by atoms with Gasteiger partial charge in [0.15, 0.2) is 11.2 Å². The molecule has 0 unspecified atom stereocenters. The van der Waals surface area contributed by atoms with E-state index in [4.69, 9.17) is 0 Å². The standard InChI is InChI=1S/C15H23N5O6S/c1-3-19-12(24)10-11(18(2)14(19)25)16-13(17-15(6-21,7-22)8-23)20(10)9-4-27(26)5-9/h9,21-23H,3-8H2,1-2H3,(H,16,17). The molecule has 0 saturated carbocycles. The highest BCUT2D eigenvalue weighted by molar-refractivity contribution is 7.86. The number of aliphatic hydroxyl groups is 3. The molecule has 0 aromatic carbocycles. The van der Waals surface area contributed by atoms with Crippen LogP contribution >= 0.6 is 0 Å². The van der Waals surface area contributed by atoms with Gasteiger partial charge in [0, 0.05) is 35.9 Å². The summed E-state index contributed by atoms with van der Waals surface area (Å²) < 4.78 is 15.5. The third-order valence-corrected chi connectivity index (χ3v) is 6.41. The molecule has 0 aliphatic carbocycles. The summed E-state index contributed by atoms with van der Waals surface area (Å²) in [6.45, 7) is 0.106. The number of hydrogen-bond donors (Lipinski definition) is 4. The van der Waals surface area contributed by atoms with E-state index in [0.29, 0.717) is 11.5 Å². The molecule has 1 fully saturated rings. The number of nitrogens with one attached hydrogen (secondary N) is 1. The van der Waals surface area contributed by atoms with Gasteiger partial charge in [-0.3, -0.25) is 22.7 Å². The summed E-state index contributed by atoms with van der Waals surface area (Å²) in [5, 5.41) is 31.6. The molecule has 0 bridgehead atoms. The van der Waals surface area contributed by atoms with Gasteiger partial charge in [-0.25, -0.2) is 4.79 Å². The Balaban J connectivity index is 2.30. The largest absolute Gasteiger partial charge is 0.394 e.